The first-order chi connectivity index (χ1) is 10.3. The number of ether oxygens (including phenoxy) is 2. The quantitative estimate of drug-likeness (QED) is 0.937. The van der Waals surface area contributed by atoms with Gasteiger partial charge < -0.3 is 20.1 Å². The Labute approximate surface area is 125 Å². The van der Waals surface area contributed by atoms with Gasteiger partial charge in [0.05, 0.1) is 6.04 Å². The zero-order valence-electron chi connectivity index (χ0n) is 12.2. The van der Waals surface area contributed by atoms with Gasteiger partial charge in [0, 0.05) is 19.3 Å². The van der Waals surface area contributed by atoms with Crippen LogP contribution in [0.15, 0.2) is 48.5 Å². The molecule has 2 aromatic carbocycles. The fraction of sp³-hybridized carbons (Fsp3) is 0.294. The van der Waals surface area contributed by atoms with Crippen molar-refractivity contribution in [1.82, 2.24) is 0 Å². The smallest absolute Gasteiger partial charge is 0.161 e. The molecule has 0 amide bonds. The molecular formula is C17H20N2O2. The van der Waals surface area contributed by atoms with E-state index in [1.165, 1.54) is 0 Å². The Bertz CT molecular complexity index is 601. The van der Waals surface area contributed by atoms with Crippen molar-refractivity contribution in [3.63, 3.8) is 0 Å². The van der Waals surface area contributed by atoms with Gasteiger partial charge in [0.1, 0.15) is 13.2 Å². The van der Waals surface area contributed by atoms with E-state index in [4.69, 9.17) is 15.2 Å². The summed E-state index contributed by atoms with van der Waals surface area (Å²) in [6, 6.07) is 16.4. The first-order valence-corrected chi connectivity index (χ1v) is 7.17. The second kappa shape index (κ2) is 6.06. The SMILES string of the molecule is CN(c1ccccc1)C(CN)c1ccc2c(c1)OCCO2. The first kappa shape index (κ1) is 13.8. The van der Waals surface area contributed by atoms with Crippen molar-refractivity contribution in [1.29, 1.82) is 0 Å². The molecule has 0 aliphatic carbocycles. The van der Waals surface area contributed by atoms with E-state index in [-0.39, 0.29) is 6.04 Å². The Morgan fingerprint density at radius 1 is 1.05 bits per heavy atom. The van der Waals surface area contributed by atoms with E-state index in [2.05, 4.69) is 30.1 Å². The van der Waals surface area contributed by atoms with Gasteiger partial charge in [0.25, 0.3) is 0 Å². The average Bonchev–Trinajstić information content (AvgIpc) is 2.56. The summed E-state index contributed by atoms with van der Waals surface area (Å²) in [4.78, 5) is 2.19. The van der Waals surface area contributed by atoms with Crippen molar-refractivity contribution in [2.24, 2.45) is 5.73 Å². The molecule has 0 saturated heterocycles. The zero-order chi connectivity index (χ0) is 14.7. The molecule has 0 bridgehead atoms. The number of benzene rings is 2. The molecule has 1 aliphatic rings. The Morgan fingerprint density at radius 3 is 2.48 bits per heavy atom. The van der Waals surface area contributed by atoms with Crippen LogP contribution < -0.4 is 20.1 Å². The van der Waals surface area contributed by atoms with E-state index in [9.17, 15) is 0 Å². The second-order valence-electron chi connectivity index (χ2n) is 5.10. The van der Waals surface area contributed by atoms with Gasteiger partial charge in [-0.2, -0.15) is 0 Å². The summed E-state index contributed by atoms with van der Waals surface area (Å²) in [5.41, 5.74) is 8.28. The average molecular weight is 284 g/mol. The third-order valence-electron chi connectivity index (χ3n) is 3.81. The molecule has 110 valence electrons. The van der Waals surface area contributed by atoms with Crippen LogP contribution in [0.1, 0.15) is 11.6 Å². The summed E-state index contributed by atoms with van der Waals surface area (Å²) in [6.45, 7) is 1.74. The van der Waals surface area contributed by atoms with Crippen LogP contribution >= 0.6 is 0 Å². The number of anilines is 1. The van der Waals surface area contributed by atoms with E-state index >= 15 is 0 Å². The first-order valence-electron chi connectivity index (χ1n) is 7.17. The summed E-state index contributed by atoms with van der Waals surface area (Å²) < 4.78 is 11.2. The predicted molar refractivity (Wildman–Crippen MR) is 84.1 cm³/mol. The third kappa shape index (κ3) is 2.81. The fourth-order valence-corrected chi connectivity index (χ4v) is 2.63. The standard InChI is InChI=1S/C17H20N2O2/c1-19(14-5-3-2-4-6-14)15(12-18)13-7-8-16-17(11-13)21-10-9-20-16/h2-8,11,15H,9-10,12,18H2,1H3. The minimum Gasteiger partial charge on any atom is -0.486 e. The lowest BCUT2D eigenvalue weighted by atomic mass is 10.0. The minimum absolute atomic E-state index is 0.100. The Morgan fingerprint density at radius 2 is 1.76 bits per heavy atom. The molecule has 21 heavy (non-hydrogen) atoms. The van der Waals surface area contributed by atoms with Gasteiger partial charge in [-0.15, -0.1) is 0 Å². The molecule has 1 atom stereocenters. The summed E-state index contributed by atoms with van der Waals surface area (Å²) in [5.74, 6) is 1.61. The van der Waals surface area contributed by atoms with Crippen molar-refractivity contribution < 1.29 is 9.47 Å². The number of para-hydroxylation sites is 1. The van der Waals surface area contributed by atoms with Crippen LogP contribution in [0.5, 0.6) is 11.5 Å². The van der Waals surface area contributed by atoms with Gasteiger partial charge in [-0.3, -0.25) is 0 Å². The summed E-state index contributed by atoms with van der Waals surface area (Å²) >= 11 is 0. The van der Waals surface area contributed by atoms with E-state index in [0.717, 1.165) is 22.7 Å². The molecule has 4 heteroatoms. The predicted octanol–water partition coefficient (Wildman–Crippen LogP) is 2.59. The van der Waals surface area contributed by atoms with Crippen LogP contribution in [0.3, 0.4) is 0 Å². The summed E-state index contributed by atoms with van der Waals surface area (Å²) in [5, 5.41) is 0. The lowest BCUT2D eigenvalue weighted by molar-refractivity contribution is 0.171. The van der Waals surface area contributed by atoms with Crippen molar-refractivity contribution in [3.8, 4) is 11.5 Å². The molecule has 3 rings (SSSR count). The highest BCUT2D eigenvalue weighted by molar-refractivity contribution is 5.51. The molecule has 0 aromatic heterocycles. The molecule has 4 nitrogen and oxygen atoms in total. The van der Waals surface area contributed by atoms with Gasteiger partial charge in [-0.25, -0.2) is 0 Å². The maximum absolute atomic E-state index is 6.01. The molecule has 1 heterocycles. The van der Waals surface area contributed by atoms with Crippen molar-refractivity contribution >= 4 is 5.69 Å². The Balaban J connectivity index is 1.89. The van der Waals surface area contributed by atoms with Crippen LogP contribution in [0, 0.1) is 0 Å². The molecule has 2 N–H and O–H groups in total. The number of likely N-dealkylation sites (N-methyl/N-ethyl adjacent to an activating group) is 1. The lowest BCUT2D eigenvalue weighted by Crippen LogP contribution is -2.30. The highest BCUT2D eigenvalue weighted by Gasteiger charge is 2.19. The maximum atomic E-state index is 6.01. The molecule has 0 fully saturated rings. The molecule has 1 aliphatic heterocycles. The number of fused-ring (bicyclic) bond motifs is 1. The fourth-order valence-electron chi connectivity index (χ4n) is 2.63. The maximum Gasteiger partial charge on any atom is 0.161 e. The second-order valence-corrected chi connectivity index (χ2v) is 5.10. The number of nitrogens with zero attached hydrogens (tertiary/aromatic N) is 1. The van der Waals surface area contributed by atoms with Gasteiger partial charge in [0.2, 0.25) is 0 Å². The van der Waals surface area contributed by atoms with Crippen LogP contribution in [0.2, 0.25) is 0 Å². The molecule has 2 aromatic rings. The molecule has 0 radical (unpaired) electrons. The zero-order valence-corrected chi connectivity index (χ0v) is 12.2. The third-order valence-corrected chi connectivity index (χ3v) is 3.81. The van der Waals surface area contributed by atoms with Gasteiger partial charge >= 0.3 is 0 Å². The summed E-state index contributed by atoms with van der Waals surface area (Å²) in [7, 11) is 2.06. The van der Waals surface area contributed by atoms with Crippen molar-refractivity contribution in [2.45, 2.75) is 6.04 Å². The topological polar surface area (TPSA) is 47.7 Å². The number of hydrogen-bond acceptors (Lipinski definition) is 4. The van der Waals surface area contributed by atoms with Crippen molar-refractivity contribution in [3.05, 3.63) is 54.1 Å². The Kier molecular flexibility index (Phi) is 3.97. The van der Waals surface area contributed by atoms with Gasteiger partial charge in [-0.05, 0) is 29.8 Å². The van der Waals surface area contributed by atoms with Crippen LogP contribution in [-0.4, -0.2) is 26.8 Å². The monoisotopic (exact) mass is 284 g/mol. The minimum atomic E-state index is 0.100. The number of nitrogens with two attached hydrogens (primary N) is 1. The van der Waals surface area contributed by atoms with Crippen LogP contribution in [0.4, 0.5) is 5.69 Å². The van der Waals surface area contributed by atoms with E-state index < -0.39 is 0 Å². The number of rotatable bonds is 4. The van der Waals surface area contributed by atoms with E-state index in [1.54, 1.807) is 0 Å². The van der Waals surface area contributed by atoms with Crippen LogP contribution in [0.25, 0.3) is 0 Å². The van der Waals surface area contributed by atoms with Crippen LogP contribution in [-0.2, 0) is 0 Å². The summed E-state index contributed by atoms with van der Waals surface area (Å²) in [6.07, 6.45) is 0. The lowest BCUT2D eigenvalue weighted by Gasteiger charge is -2.30. The van der Waals surface area contributed by atoms with Crippen molar-refractivity contribution in [2.75, 3.05) is 31.7 Å². The molecular weight excluding hydrogens is 264 g/mol. The largest absolute Gasteiger partial charge is 0.486 e. The van der Waals surface area contributed by atoms with Gasteiger partial charge in [0.15, 0.2) is 11.5 Å². The molecule has 1 unspecified atom stereocenters. The highest BCUT2D eigenvalue weighted by Crippen LogP contribution is 2.34. The van der Waals surface area contributed by atoms with E-state index in [0.29, 0.717) is 19.8 Å². The number of hydrogen-bond donors (Lipinski definition) is 1. The van der Waals surface area contributed by atoms with E-state index in [1.807, 2.05) is 30.3 Å². The van der Waals surface area contributed by atoms with Gasteiger partial charge in [-0.1, -0.05) is 24.3 Å². The molecule has 0 saturated carbocycles. The molecule has 0 spiro atoms. The highest BCUT2D eigenvalue weighted by atomic mass is 16.6. The Hall–Kier alpha value is -2.20. The normalized spacial score (nSPS) is 14.6.